The highest BCUT2D eigenvalue weighted by Gasteiger charge is 2.25. The van der Waals surface area contributed by atoms with Crippen LogP contribution in [0.1, 0.15) is 36.6 Å². The second-order valence-electron chi connectivity index (χ2n) is 5.07. The summed E-state index contributed by atoms with van der Waals surface area (Å²) >= 11 is 0. The van der Waals surface area contributed by atoms with Crippen molar-refractivity contribution in [1.29, 1.82) is 0 Å². The minimum Gasteiger partial charge on any atom is -0.480 e. The molecule has 0 aliphatic rings. The molecule has 4 N–H and O–H groups in total. The van der Waals surface area contributed by atoms with Crippen molar-refractivity contribution in [3.63, 3.8) is 0 Å². The van der Waals surface area contributed by atoms with Gasteiger partial charge >= 0.3 is 5.97 Å². The minimum atomic E-state index is -4.00. The number of carboxylic acid groups (broad SMARTS) is 1. The zero-order valence-corrected chi connectivity index (χ0v) is 12.7. The van der Waals surface area contributed by atoms with Gasteiger partial charge < -0.3 is 14.8 Å². The number of nitrogens with one attached hydrogen (secondary N) is 1. The molecule has 1 heterocycles. The number of nitrogens with two attached hydrogens (primary N) is 1. The van der Waals surface area contributed by atoms with Crippen LogP contribution in [0.25, 0.3) is 0 Å². The maximum absolute atomic E-state index is 11.9. The number of amides is 1. The smallest absolute Gasteiger partial charge is 0.326 e. The quantitative estimate of drug-likeness (QED) is 0.696. The highest BCUT2D eigenvalue weighted by molar-refractivity contribution is 7.89. The van der Waals surface area contributed by atoms with Crippen molar-refractivity contribution in [1.82, 2.24) is 5.32 Å². The number of hydrogen-bond acceptors (Lipinski definition) is 5. The molecule has 0 saturated heterocycles. The van der Waals surface area contributed by atoms with E-state index in [-0.39, 0.29) is 28.8 Å². The summed E-state index contributed by atoms with van der Waals surface area (Å²) < 4.78 is 27.5. The number of carbonyl (C=O) groups is 2. The van der Waals surface area contributed by atoms with Gasteiger partial charge in [0.1, 0.15) is 16.7 Å². The van der Waals surface area contributed by atoms with Crippen LogP contribution < -0.4 is 10.5 Å². The Morgan fingerprint density at radius 1 is 1.43 bits per heavy atom. The molecule has 118 valence electrons. The van der Waals surface area contributed by atoms with Crippen molar-refractivity contribution in [2.24, 2.45) is 11.1 Å². The predicted octanol–water partition coefficient (Wildman–Crippen LogP) is 0.465. The van der Waals surface area contributed by atoms with E-state index in [1.54, 1.807) is 0 Å². The Labute approximate surface area is 122 Å². The average molecular weight is 318 g/mol. The molecule has 1 amide bonds. The third kappa shape index (κ3) is 4.57. The van der Waals surface area contributed by atoms with Crippen LogP contribution in [0, 0.1) is 12.8 Å². The number of hydrogen-bond donors (Lipinski definition) is 3. The van der Waals surface area contributed by atoms with E-state index in [0.29, 0.717) is 0 Å². The van der Waals surface area contributed by atoms with E-state index in [0.717, 1.165) is 6.07 Å². The van der Waals surface area contributed by atoms with Gasteiger partial charge in [0.15, 0.2) is 5.76 Å². The molecule has 0 bridgehead atoms. The van der Waals surface area contributed by atoms with E-state index in [2.05, 4.69) is 5.32 Å². The first-order valence-electron chi connectivity index (χ1n) is 6.19. The third-order valence-electron chi connectivity index (χ3n) is 2.71. The molecule has 0 fully saturated rings. The van der Waals surface area contributed by atoms with Crippen LogP contribution in [0.3, 0.4) is 0 Å². The van der Waals surface area contributed by atoms with Crippen molar-refractivity contribution in [3.8, 4) is 0 Å². The highest BCUT2D eigenvalue weighted by atomic mass is 32.2. The molecule has 1 rings (SSSR count). The largest absolute Gasteiger partial charge is 0.480 e. The standard InChI is InChI=1S/C12H18N2O6S/c1-6(2)4-8(12(16)17)14-11(15)9-5-10(7(3)20-9)21(13,18)19/h5-6,8H,4H2,1-3H3,(H,14,15)(H,16,17)(H2,13,18,19). The molecule has 8 nitrogen and oxygen atoms in total. The number of aliphatic carboxylic acids is 1. The summed E-state index contributed by atoms with van der Waals surface area (Å²) in [5.41, 5.74) is 0. The summed E-state index contributed by atoms with van der Waals surface area (Å²) in [6, 6.07) is -0.102. The number of aryl methyl sites for hydroxylation is 1. The Morgan fingerprint density at radius 3 is 2.38 bits per heavy atom. The van der Waals surface area contributed by atoms with Crippen LogP contribution in [0.15, 0.2) is 15.4 Å². The fourth-order valence-electron chi connectivity index (χ4n) is 1.78. The van der Waals surface area contributed by atoms with Gasteiger partial charge in [0, 0.05) is 6.07 Å². The van der Waals surface area contributed by atoms with Gasteiger partial charge in [0.25, 0.3) is 5.91 Å². The molecular weight excluding hydrogens is 300 g/mol. The van der Waals surface area contributed by atoms with E-state index in [1.165, 1.54) is 6.92 Å². The summed E-state index contributed by atoms with van der Waals surface area (Å²) in [5.74, 6) is -2.25. The minimum absolute atomic E-state index is 0.0293. The van der Waals surface area contributed by atoms with Crippen LogP contribution in [0.2, 0.25) is 0 Å². The van der Waals surface area contributed by atoms with Crippen molar-refractivity contribution < 1.29 is 27.5 Å². The van der Waals surface area contributed by atoms with Crippen LogP contribution in [0.4, 0.5) is 0 Å². The lowest BCUT2D eigenvalue weighted by Gasteiger charge is -2.15. The predicted molar refractivity (Wildman–Crippen MR) is 73.2 cm³/mol. The number of primary sulfonamides is 1. The summed E-state index contributed by atoms with van der Waals surface area (Å²) in [7, 11) is -4.00. The Hall–Kier alpha value is -1.87. The molecule has 0 radical (unpaired) electrons. The first-order chi connectivity index (χ1) is 9.52. The van der Waals surface area contributed by atoms with Gasteiger partial charge in [0.2, 0.25) is 10.0 Å². The number of furan rings is 1. The van der Waals surface area contributed by atoms with Crippen molar-refractivity contribution >= 4 is 21.9 Å². The first kappa shape index (κ1) is 17.2. The Balaban J connectivity index is 2.96. The molecule has 0 aliphatic carbocycles. The lowest BCUT2D eigenvalue weighted by Crippen LogP contribution is -2.41. The Bertz CT molecular complexity index is 647. The fourth-order valence-corrected chi connectivity index (χ4v) is 2.50. The van der Waals surface area contributed by atoms with Gasteiger partial charge in [-0.05, 0) is 19.3 Å². The molecule has 0 spiro atoms. The molecule has 1 aromatic heterocycles. The van der Waals surface area contributed by atoms with Crippen LogP contribution in [-0.2, 0) is 14.8 Å². The van der Waals surface area contributed by atoms with Crippen LogP contribution in [0.5, 0.6) is 0 Å². The summed E-state index contributed by atoms with van der Waals surface area (Å²) in [5, 5.41) is 16.3. The van der Waals surface area contributed by atoms with Gasteiger partial charge in [-0.15, -0.1) is 0 Å². The second-order valence-corrected chi connectivity index (χ2v) is 6.60. The molecule has 0 aromatic carbocycles. The van der Waals surface area contributed by atoms with Gasteiger partial charge in [-0.1, -0.05) is 13.8 Å². The Kier molecular flexibility index (Phi) is 5.13. The molecule has 1 atom stereocenters. The fraction of sp³-hybridized carbons (Fsp3) is 0.500. The molecule has 1 unspecified atom stereocenters. The van der Waals surface area contributed by atoms with E-state index in [9.17, 15) is 18.0 Å². The van der Waals surface area contributed by atoms with Gasteiger partial charge in [-0.25, -0.2) is 18.4 Å². The van der Waals surface area contributed by atoms with Crippen LogP contribution >= 0.6 is 0 Å². The molecule has 21 heavy (non-hydrogen) atoms. The molecule has 9 heteroatoms. The SMILES string of the molecule is Cc1oc(C(=O)NC(CC(C)C)C(=O)O)cc1S(N)(=O)=O. The molecule has 0 aliphatic heterocycles. The highest BCUT2D eigenvalue weighted by Crippen LogP contribution is 2.19. The zero-order valence-electron chi connectivity index (χ0n) is 11.9. The lowest BCUT2D eigenvalue weighted by molar-refractivity contribution is -0.139. The normalized spacial score (nSPS) is 13.2. The summed E-state index contributed by atoms with van der Waals surface area (Å²) in [6.45, 7) is 4.98. The maximum Gasteiger partial charge on any atom is 0.326 e. The zero-order chi connectivity index (χ0) is 16.4. The van der Waals surface area contributed by atoms with Crippen molar-refractivity contribution in [2.45, 2.75) is 38.1 Å². The molecule has 0 saturated carbocycles. The number of sulfonamides is 1. The van der Waals surface area contributed by atoms with Crippen molar-refractivity contribution in [3.05, 3.63) is 17.6 Å². The van der Waals surface area contributed by atoms with E-state index in [4.69, 9.17) is 14.7 Å². The van der Waals surface area contributed by atoms with Gasteiger partial charge in [-0.3, -0.25) is 4.79 Å². The van der Waals surface area contributed by atoms with E-state index < -0.39 is 27.9 Å². The number of carboxylic acids is 1. The van der Waals surface area contributed by atoms with Crippen LogP contribution in [-0.4, -0.2) is 31.4 Å². The summed E-state index contributed by atoms with van der Waals surface area (Å²) in [6.07, 6.45) is 0.239. The van der Waals surface area contributed by atoms with E-state index >= 15 is 0 Å². The topological polar surface area (TPSA) is 140 Å². The van der Waals surface area contributed by atoms with Gasteiger partial charge in [0.05, 0.1) is 0 Å². The average Bonchev–Trinajstić information content (AvgIpc) is 2.69. The number of carbonyl (C=O) groups excluding carboxylic acids is 1. The van der Waals surface area contributed by atoms with Gasteiger partial charge in [-0.2, -0.15) is 0 Å². The Morgan fingerprint density at radius 2 is 2.00 bits per heavy atom. The molecular formula is C12H18N2O6S. The third-order valence-corrected chi connectivity index (χ3v) is 3.73. The first-order valence-corrected chi connectivity index (χ1v) is 7.74. The number of rotatable bonds is 6. The second kappa shape index (κ2) is 6.27. The maximum atomic E-state index is 11.9. The van der Waals surface area contributed by atoms with E-state index in [1.807, 2.05) is 13.8 Å². The monoisotopic (exact) mass is 318 g/mol. The molecule has 1 aromatic rings. The van der Waals surface area contributed by atoms with Crippen molar-refractivity contribution in [2.75, 3.05) is 0 Å². The summed E-state index contributed by atoms with van der Waals surface area (Å²) in [4.78, 5) is 22.7. The lowest BCUT2D eigenvalue weighted by atomic mass is 10.0.